The van der Waals surface area contributed by atoms with Crippen LogP contribution in [0.3, 0.4) is 0 Å². The SMILES string of the molecule is CCCCc1cccc(-c2ccc(-c3cccc(-n4c5c(c6ccccc64)C4c6ccccc6N(c6ccc(-c7cccc(-c8ccccc8)c7)cc6)C4C=C5)c3)cc2)c1. The van der Waals surface area contributed by atoms with E-state index < -0.39 is 0 Å². The van der Waals surface area contributed by atoms with Gasteiger partial charge in [0, 0.05) is 28.4 Å². The molecule has 0 amide bonds. The fraction of sp³-hybridized carbons (Fsp3) is 0.103. The summed E-state index contributed by atoms with van der Waals surface area (Å²) < 4.78 is 2.49. The van der Waals surface area contributed by atoms with Crippen LogP contribution in [0.25, 0.3) is 67.2 Å². The summed E-state index contributed by atoms with van der Waals surface area (Å²) in [7, 11) is 0. The molecule has 1 aliphatic heterocycles. The van der Waals surface area contributed by atoms with Crippen LogP contribution in [0.5, 0.6) is 0 Å². The molecule has 8 aromatic carbocycles. The predicted octanol–water partition coefficient (Wildman–Crippen LogP) is 15.3. The van der Waals surface area contributed by atoms with Gasteiger partial charge in [0.25, 0.3) is 0 Å². The van der Waals surface area contributed by atoms with Gasteiger partial charge in [-0.3, -0.25) is 0 Å². The first kappa shape index (κ1) is 36.0. The van der Waals surface area contributed by atoms with Gasteiger partial charge in [0.05, 0.1) is 17.3 Å². The number of unbranched alkanes of at least 4 members (excludes halogenated alkanes) is 1. The van der Waals surface area contributed by atoms with E-state index in [9.17, 15) is 0 Å². The molecule has 0 N–H and O–H groups in total. The number of anilines is 2. The van der Waals surface area contributed by atoms with Crippen molar-refractivity contribution in [1.29, 1.82) is 0 Å². The lowest BCUT2D eigenvalue weighted by atomic mass is 9.82. The number of aryl methyl sites for hydroxylation is 1. The molecule has 1 aliphatic carbocycles. The summed E-state index contributed by atoms with van der Waals surface area (Å²) >= 11 is 0. The summed E-state index contributed by atoms with van der Waals surface area (Å²) in [5.74, 6) is 0.186. The van der Waals surface area contributed by atoms with Crippen molar-refractivity contribution in [2.45, 2.75) is 38.1 Å². The van der Waals surface area contributed by atoms with Gasteiger partial charge in [-0.15, -0.1) is 0 Å². The fourth-order valence-corrected chi connectivity index (χ4v) is 9.83. The third kappa shape index (κ3) is 6.28. The Morgan fingerprint density at radius 2 is 1.05 bits per heavy atom. The Labute approximate surface area is 353 Å². The number of fused-ring (bicyclic) bond motifs is 7. The summed E-state index contributed by atoms with van der Waals surface area (Å²) in [5.41, 5.74) is 20.2. The van der Waals surface area contributed by atoms with Crippen molar-refractivity contribution in [3.05, 3.63) is 229 Å². The third-order valence-corrected chi connectivity index (χ3v) is 12.7. The van der Waals surface area contributed by atoms with Gasteiger partial charge in [-0.1, -0.05) is 177 Å². The summed E-state index contributed by atoms with van der Waals surface area (Å²) in [6.07, 6.45) is 8.40. The third-order valence-electron chi connectivity index (χ3n) is 12.7. The van der Waals surface area contributed by atoms with Crippen LogP contribution in [-0.4, -0.2) is 10.6 Å². The van der Waals surface area contributed by atoms with E-state index in [1.165, 1.54) is 108 Å². The molecular weight excluding hydrogens is 725 g/mol. The van der Waals surface area contributed by atoms with Gasteiger partial charge < -0.3 is 9.47 Å². The number of para-hydroxylation sites is 2. The van der Waals surface area contributed by atoms with Crippen LogP contribution in [0, 0.1) is 0 Å². The van der Waals surface area contributed by atoms with Gasteiger partial charge in [-0.05, 0) is 123 Å². The zero-order chi connectivity index (χ0) is 40.0. The molecule has 60 heavy (non-hydrogen) atoms. The number of hydrogen-bond donors (Lipinski definition) is 0. The Morgan fingerprint density at radius 1 is 0.467 bits per heavy atom. The molecule has 1 aromatic heterocycles. The van der Waals surface area contributed by atoms with E-state index in [0.29, 0.717) is 0 Å². The van der Waals surface area contributed by atoms with Crippen LogP contribution >= 0.6 is 0 Å². The zero-order valence-corrected chi connectivity index (χ0v) is 33.9. The van der Waals surface area contributed by atoms with Crippen LogP contribution in [0.15, 0.2) is 206 Å². The first-order chi connectivity index (χ1) is 29.7. The molecule has 288 valence electrons. The van der Waals surface area contributed by atoms with Gasteiger partial charge in [0.1, 0.15) is 0 Å². The predicted molar refractivity (Wildman–Crippen MR) is 253 cm³/mol. The average molecular weight is 771 g/mol. The van der Waals surface area contributed by atoms with Crippen LogP contribution < -0.4 is 4.90 Å². The highest BCUT2D eigenvalue weighted by molar-refractivity contribution is 5.95. The number of aromatic nitrogens is 1. The van der Waals surface area contributed by atoms with Crippen LogP contribution in [0.4, 0.5) is 11.4 Å². The molecule has 0 bridgehead atoms. The first-order valence-corrected chi connectivity index (χ1v) is 21.5. The quantitative estimate of drug-likeness (QED) is 0.142. The molecule has 2 atom stereocenters. The molecule has 2 aliphatic rings. The van der Waals surface area contributed by atoms with E-state index in [1.54, 1.807) is 0 Å². The number of rotatable bonds is 9. The number of hydrogen-bond acceptors (Lipinski definition) is 1. The molecule has 9 aromatic rings. The zero-order valence-electron chi connectivity index (χ0n) is 33.9. The number of benzene rings is 8. The molecule has 0 spiro atoms. The summed E-state index contributed by atoms with van der Waals surface area (Å²) in [6.45, 7) is 2.26. The van der Waals surface area contributed by atoms with Gasteiger partial charge in [-0.2, -0.15) is 0 Å². The van der Waals surface area contributed by atoms with Crippen LogP contribution in [0.2, 0.25) is 0 Å². The Morgan fingerprint density at radius 3 is 1.80 bits per heavy atom. The van der Waals surface area contributed by atoms with Gasteiger partial charge in [0.15, 0.2) is 0 Å². The summed E-state index contributed by atoms with van der Waals surface area (Å²) in [4.78, 5) is 2.56. The molecule has 2 heterocycles. The van der Waals surface area contributed by atoms with Crippen molar-refractivity contribution >= 4 is 28.4 Å². The van der Waals surface area contributed by atoms with E-state index >= 15 is 0 Å². The first-order valence-electron chi connectivity index (χ1n) is 21.5. The molecular formula is C58H46N2. The second kappa shape index (κ2) is 15.2. The Hall–Kier alpha value is -7.16. The molecule has 0 saturated carbocycles. The molecule has 2 nitrogen and oxygen atoms in total. The van der Waals surface area contributed by atoms with Crippen molar-refractivity contribution in [1.82, 2.24) is 4.57 Å². The highest BCUT2D eigenvalue weighted by Gasteiger charge is 2.43. The minimum Gasteiger partial charge on any atom is -0.333 e. The second-order valence-corrected chi connectivity index (χ2v) is 16.3. The maximum atomic E-state index is 2.56. The fourth-order valence-electron chi connectivity index (χ4n) is 9.83. The van der Waals surface area contributed by atoms with E-state index in [2.05, 4.69) is 229 Å². The van der Waals surface area contributed by atoms with Gasteiger partial charge >= 0.3 is 0 Å². The number of nitrogens with zero attached hydrogens (tertiary/aromatic N) is 2. The Kier molecular flexibility index (Phi) is 9.12. The summed E-state index contributed by atoms with van der Waals surface area (Å²) in [5, 5.41) is 1.31. The van der Waals surface area contributed by atoms with Crippen molar-refractivity contribution < 1.29 is 0 Å². The molecule has 0 saturated heterocycles. The van der Waals surface area contributed by atoms with Gasteiger partial charge in [-0.25, -0.2) is 0 Å². The second-order valence-electron chi connectivity index (χ2n) is 16.3. The van der Waals surface area contributed by atoms with Crippen LogP contribution in [0.1, 0.15) is 48.1 Å². The highest BCUT2D eigenvalue weighted by atomic mass is 15.2. The molecule has 11 rings (SSSR count). The standard InChI is InChI=1S/C58H46N2/c1-2-3-14-40-15-11-18-45(37-40)42-27-29-43(30-28-42)48-21-13-22-50(39-48)60-54-26-10-8-24-52(54)58-56(60)36-35-55-57(58)51-23-7-9-25-53(51)59(55)49-33-31-44(32-34-49)47-20-12-19-46(38-47)41-16-5-4-6-17-41/h4-13,15-39,55,57H,2-3,14H2,1H3. The van der Waals surface area contributed by atoms with Crippen LogP contribution in [-0.2, 0) is 6.42 Å². The van der Waals surface area contributed by atoms with Gasteiger partial charge in [0.2, 0.25) is 0 Å². The maximum Gasteiger partial charge on any atom is 0.0637 e. The molecule has 0 radical (unpaired) electrons. The maximum absolute atomic E-state index is 2.56. The smallest absolute Gasteiger partial charge is 0.0637 e. The van der Waals surface area contributed by atoms with E-state index in [0.717, 1.165) is 6.42 Å². The highest BCUT2D eigenvalue weighted by Crippen LogP contribution is 2.54. The molecule has 0 fully saturated rings. The minimum absolute atomic E-state index is 0.151. The summed E-state index contributed by atoms with van der Waals surface area (Å²) in [6, 6.07) is 74.1. The van der Waals surface area contributed by atoms with Crippen molar-refractivity contribution in [3.8, 4) is 50.2 Å². The van der Waals surface area contributed by atoms with Crippen molar-refractivity contribution in [2.24, 2.45) is 0 Å². The Bertz CT molecular complexity index is 3020. The van der Waals surface area contributed by atoms with E-state index in [4.69, 9.17) is 0 Å². The largest absolute Gasteiger partial charge is 0.333 e. The minimum atomic E-state index is 0.151. The lowest BCUT2D eigenvalue weighted by molar-refractivity contribution is 0.725. The average Bonchev–Trinajstić information content (AvgIpc) is 3.84. The molecule has 2 heteroatoms. The van der Waals surface area contributed by atoms with Crippen molar-refractivity contribution in [2.75, 3.05) is 4.90 Å². The topological polar surface area (TPSA) is 8.17 Å². The van der Waals surface area contributed by atoms with Crippen molar-refractivity contribution in [3.63, 3.8) is 0 Å². The van der Waals surface area contributed by atoms with E-state index in [-0.39, 0.29) is 12.0 Å². The normalized spacial score (nSPS) is 15.2. The Balaban J connectivity index is 0.940. The van der Waals surface area contributed by atoms with E-state index in [1.807, 2.05) is 0 Å². The lowest BCUT2D eigenvalue weighted by Gasteiger charge is -2.31. The monoisotopic (exact) mass is 770 g/mol. The lowest BCUT2D eigenvalue weighted by Crippen LogP contribution is -2.30. The molecule has 2 unspecified atom stereocenters.